The van der Waals surface area contributed by atoms with Gasteiger partial charge in [0.15, 0.2) is 5.82 Å². The van der Waals surface area contributed by atoms with Crippen molar-refractivity contribution in [2.24, 2.45) is 0 Å². The number of nitrogens with zero attached hydrogens (tertiary/aromatic N) is 2. The van der Waals surface area contributed by atoms with Crippen molar-refractivity contribution in [1.82, 2.24) is 9.97 Å². The maximum atomic E-state index is 10.3. The highest BCUT2D eigenvalue weighted by molar-refractivity contribution is 7.80. The van der Waals surface area contributed by atoms with E-state index in [1.807, 2.05) is 0 Å². The third-order valence-electron chi connectivity index (χ3n) is 1.63. The largest absolute Gasteiger partial charge is 0.358 e. The third-order valence-corrected chi connectivity index (χ3v) is 1.95. The van der Waals surface area contributed by atoms with Gasteiger partial charge in [-0.25, -0.2) is 9.97 Å². The van der Waals surface area contributed by atoms with E-state index in [4.69, 9.17) is 0 Å². The zero-order valence-electron chi connectivity index (χ0n) is 7.06. The number of hydrogen-bond acceptors (Lipinski definition) is 4. The predicted molar refractivity (Wildman–Crippen MR) is 52.0 cm³/mol. The summed E-state index contributed by atoms with van der Waals surface area (Å²) in [6, 6.07) is 0. The topological polar surface area (TPSA) is 71.8 Å². The fourth-order valence-electron chi connectivity index (χ4n) is 0.976. The van der Waals surface area contributed by atoms with E-state index in [0.29, 0.717) is 5.82 Å². The lowest BCUT2D eigenvalue weighted by atomic mass is 10.2. The molecule has 0 amide bonds. The van der Waals surface area contributed by atoms with Crippen molar-refractivity contribution in [1.29, 1.82) is 0 Å². The highest BCUT2D eigenvalue weighted by Crippen LogP contribution is 2.08. The fourth-order valence-corrected chi connectivity index (χ4v) is 1.20. The molecule has 0 spiro atoms. The Kier molecular flexibility index (Phi) is 3.75. The Hall–Kier alpha value is -1.04. The van der Waals surface area contributed by atoms with Crippen LogP contribution in [0.15, 0.2) is 6.20 Å². The first kappa shape index (κ1) is 10.0. The van der Waals surface area contributed by atoms with Gasteiger partial charge in [0.05, 0.1) is 0 Å². The lowest BCUT2D eigenvalue weighted by Gasteiger charge is -1.91. The van der Waals surface area contributed by atoms with Crippen LogP contribution in [0.4, 0.5) is 5.82 Å². The van der Waals surface area contributed by atoms with Crippen LogP contribution >= 0.6 is 12.6 Å². The van der Waals surface area contributed by atoms with Gasteiger partial charge in [-0.1, -0.05) is 0 Å². The maximum absolute atomic E-state index is 10.3. The Labute approximate surface area is 81.1 Å². The second kappa shape index (κ2) is 4.86. The molecule has 72 valence electrons. The van der Waals surface area contributed by atoms with Crippen LogP contribution in [0.5, 0.6) is 0 Å². The van der Waals surface area contributed by atoms with Gasteiger partial charge in [0.2, 0.25) is 0 Å². The molecule has 5 nitrogen and oxygen atoms in total. The van der Waals surface area contributed by atoms with E-state index < -0.39 is 4.92 Å². The Morgan fingerprint density at radius 1 is 1.62 bits per heavy atom. The molecule has 0 aliphatic heterocycles. The van der Waals surface area contributed by atoms with Crippen molar-refractivity contribution < 1.29 is 4.92 Å². The lowest BCUT2D eigenvalue weighted by molar-refractivity contribution is -0.389. The van der Waals surface area contributed by atoms with Crippen molar-refractivity contribution in [2.75, 3.05) is 5.75 Å². The second-order valence-corrected chi connectivity index (χ2v) is 3.10. The van der Waals surface area contributed by atoms with Crippen LogP contribution in [0.25, 0.3) is 0 Å². The molecular weight excluding hydrogens is 190 g/mol. The second-order valence-electron chi connectivity index (χ2n) is 2.65. The fraction of sp³-hybridized carbons (Fsp3) is 0.571. The van der Waals surface area contributed by atoms with Crippen LogP contribution in [0, 0.1) is 10.1 Å². The van der Waals surface area contributed by atoms with E-state index in [1.54, 1.807) is 0 Å². The average molecular weight is 201 g/mol. The number of imidazole rings is 1. The van der Waals surface area contributed by atoms with E-state index in [0.717, 1.165) is 25.0 Å². The zero-order valence-corrected chi connectivity index (χ0v) is 7.96. The van der Waals surface area contributed by atoms with Crippen molar-refractivity contribution in [2.45, 2.75) is 19.3 Å². The molecule has 0 aliphatic rings. The summed E-state index contributed by atoms with van der Waals surface area (Å²) in [6.45, 7) is 0. The van der Waals surface area contributed by atoms with Crippen LogP contribution in [-0.4, -0.2) is 20.6 Å². The summed E-state index contributed by atoms with van der Waals surface area (Å²) >= 11 is 4.07. The number of hydrogen-bond donors (Lipinski definition) is 2. The Morgan fingerprint density at radius 2 is 2.38 bits per heavy atom. The van der Waals surface area contributed by atoms with Crippen molar-refractivity contribution in [3.8, 4) is 0 Å². The summed E-state index contributed by atoms with van der Waals surface area (Å²) in [5.74, 6) is 1.47. The highest BCUT2D eigenvalue weighted by Gasteiger charge is 2.08. The van der Waals surface area contributed by atoms with Gasteiger partial charge < -0.3 is 10.1 Å². The molecule has 1 aromatic rings. The molecule has 0 bridgehead atoms. The summed E-state index contributed by atoms with van der Waals surface area (Å²) in [5, 5.41) is 10.3. The first-order valence-corrected chi connectivity index (χ1v) is 4.66. The molecule has 6 heteroatoms. The first-order valence-electron chi connectivity index (χ1n) is 4.03. The lowest BCUT2D eigenvalue weighted by Crippen LogP contribution is -1.91. The molecule has 1 heterocycles. The SMILES string of the molecule is O=[N+]([O-])c1cnc(CCCCS)[nH]1. The monoisotopic (exact) mass is 201 g/mol. The highest BCUT2D eigenvalue weighted by atomic mass is 32.1. The van der Waals surface area contributed by atoms with Gasteiger partial charge in [-0.3, -0.25) is 0 Å². The molecule has 1 aromatic heterocycles. The van der Waals surface area contributed by atoms with E-state index in [2.05, 4.69) is 22.6 Å². The molecule has 0 saturated heterocycles. The minimum Gasteiger partial charge on any atom is -0.358 e. The van der Waals surface area contributed by atoms with Crippen molar-refractivity contribution in [3.05, 3.63) is 22.1 Å². The van der Waals surface area contributed by atoms with E-state index in [-0.39, 0.29) is 5.82 Å². The minimum atomic E-state index is -0.477. The molecule has 1 N–H and O–H groups in total. The summed E-state index contributed by atoms with van der Waals surface area (Å²) in [5.41, 5.74) is 0. The maximum Gasteiger partial charge on any atom is 0.340 e. The van der Waals surface area contributed by atoms with Crippen LogP contribution in [0.1, 0.15) is 18.7 Å². The first-order chi connectivity index (χ1) is 6.24. The number of rotatable bonds is 5. The quantitative estimate of drug-likeness (QED) is 0.329. The predicted octanol–water partition coefficient (Wildman–Crippen LogP) is 1.57. The minimum absolute atomic E-state index is 0.0409. The number of unbranched alkanes of at least 4 members (excludes halogenated alkanes) is 1. The van der Waals surface area contributed by atoms with E-state index in [9.17, 15) is 10.1 Å². The van der Waals surface area contributed by atoms with Gasteiger partial charge in [-0.15, -0.1) is 0 Å². The molecule has 0 atom stereocenters. The Morgan fingerprint density at radius 3 is 2.92 bits per heavy atom. The van der Waals surface area contributed by atoms with Crippen LogP contribution in [-0.2, 0) is 6.42 Å². The molecule has 0 aromatic carbocycles. The van der Waals surface area contributed by atoms with Gasteiger partial charge >= 0.3 is 5.82 Å². The average Bonchev–Trinajstić information content (AvgIpc) is 2.53. The molecule has 0 radical (unpaired) electrons. The zero-order chi connectivity index (χ0) is 9.68. The number of nitrogens with one attached hydrogen (secondary N) is 1. The van der Waals surface area contributed by atoms with Gasteiger partial charge in [0.1, 0.15) is 6.20 Å². The summed E-state index contributed by atoms with van der Waals surface area (Å²) < 4.78 is 0. The van der Waals surface area contributed by atoms with Gasteiger partial charge in [-0.2, -0.15) is 12.6 Å². The van der Waals surface area contributed by atoms with Gasteiger partial charge in [0.25, 0.3) is 0 Å². The molecule has 13 heavy (non-hydrogen) atoms. The Balaban J connectivity index is 2.44. The van der Waals surface area contributed by atoms with Crippen molar-refractivity contribution >= 4 is 18.4 Å². The number of nitro groups is 1. The molecular formula is C7H11N3O2S. The number of H-pyrrole nitrogens is 1. The van der Waals surface area contributed by atoms with Crippen LogP contribution in [0.3, 0.4) is 0 Å². The summed E-state index contributed by atoms with van der Waals surface area (Å²) in [7, 11) is 0. The van der Waals surface area contributed by atoms with Gasteiger partial charge in [0, 0.05) is 6.42 Å². The van der Waals surface area contributed by atoms with Gasteiger partial charge in [-0.05, 0) is 23.5 Å². The van der Waals surface area contributed by atoms with Crippen LogP contribution < -0.4 is 0 Å². The standard InChI is InChI=1S/C7H11N3O2S/c11-10(12)7-5-8-6(9-7)3-1-2-4-13/h5,13H,1-4H2,(H,8,9). The normalized spacial score (nSPS) is 10.2. The van der Waals surface area contributed by atoms with Crippen molar-refractivity contribution in [3.63, 3.8) is 0 Å². The molecule has 0 fully saturated rings. The summed E-state index contributed by atoms with van der Waals surface area (Å²) in [4.78, 5) is 16.3. The van der Waals surface area contributed by atoms with E-state index in [1.165, 1.54) is 6.20 Å². The number of aromatic nitrogens is 2. The molecule has 0 unspecified atom stereocenters. The summed E-state index contributed by atoms with van der Waals surface area (Å²) in [6.07, 6.45) is 3.94. The molecule has 0 aliphatic carbocycles. The Bertz CT molecular complexity index is 287. The van der Waals surface area contributed by atoms with Crippen LogP contribution in [0.2, 0.25) is 0 Å². The molecule has 1 rings (SSSR count). The number of aryl methyl sites for hydroxylation is 1. The number of aromatic amines is 1. The number of thiol groups is 1. The van der Waals surface area contributed by atoms with E-state index >= 15 is 0 Å². The third kappa shape index (κ3) is 3.06. The smallest absolute Gasteiger partial charge is 0.340 e. The molecule has 0 saturated carbocycles.